The van der Waals surface area contributed by atoms with E-state index in [1.165, 1.54) is 0 Å². The number of hydrogen-bond acceptors (Lipinski definition) is 3. The van der Waals surface area contributed by atoms with Crippen LogP contribution in [0.25, 0.3) is 0 Å². The van der Waals surface area contributed by atoms with Gasteiger partial charge in [-0.25, -0.2) is 4.79 Å². The third-order valence-corrected chi connectivity index (χ3v) is 1.76. The van der Waals surface area contributed by atoms with Crippen molar-refractivity contribution in [3.8, 4) is 0 Å². The Morgan fingerprint density at radius 3 is 2.59 bits per heavy atom. The Kier molecular flexibility index (Phi) is 3.71. The number of carbonyl (C=O) groups is 2. The molecular weight excluding hydrogens is 243 g/mol. The lowest BCUT2D eigenvalue weighted by Gasteiger charge is -2.07. The molecule has 9 heteroatoms. The molecule has 1 aromatic rings. The van der Waals surface area contributed by atoms with Crippen molar-refractivity contribution in [2.75, 3.05) is 6.54 Å². The topological polar surface area (TPSA) is 84.2 Å². The van der Waals surface area contributed by atoms with E-state index in [-0.39, 0.29) is 18.7 Å². The van der Waals surface area contributed by atoms with Gasteiger partial charge in [-0.05, 0) is 0 Å². The molecule has 0 spiro atoms. The van der Waals surface area contributed by atoms with E-state index in [9.17, 15) is 22.8 Å². The number of rotatable bonds is 4. The molecule has 1 aromatic heterocycles. The first kappa shape index (κ1) is 13.0. The van der Waals surface area contributed by atoms with E-state index in [1.54, 1.807) is 5.32 Å². The second-order valence-electron chi connectivity index (χ2n) is 3.05. The molecule has 0 radical (unpaired) electrons. The quantitative estimate of drug-likeness (QED) is 0.803. The van der Waals surface area contributed by atoms with Crippen LogP contribution in [0.4, 0.5) is 13.2 Å². The number of amides is 1. The normalized spacial score (nSPS) is 11.2. The van der Waals surface area contributed by atoms with Crippen LogP contribution in [0.5, 0.6) is 0 Å². The minimum Gasteiger partial charge on any atom is -0.478 e. The summed E-state index contributed by atoms with van der Waals surface area (Å²) >= 11 is 0. The molecule has 0 aliphatic carbocycles. The number of halogens is 3. The van der Waals surface area contributed by atoms with Gasteiger partial charge in [-0.3, -0.25) is 9.48 Å². The molecule has 0 atom stereocenters. The zero-order valence-electron chi connectivity index (χ0n) is 8.36. The van der Waals surface area contributed by atoms with Gasteiger partial charge in [0.1, 0.15) is 0 Å². The summed E-state index contributed by atoms with van der Waals surface area (Å²) in [6.07, 6.45) is -2.70. The Morgan fingerprint density at radius 2 is 2.12 bits per heavy atom. The van der Waals surface area contributed by atoms with Crippen LogP contribution >= 0.6 is 0 Å². The lowest BCUT2D eigenvalue weighted by atomic mass is 10.4. The van der Waals surface area contributed by atoms with Crippen molar-refractivity contribution in [1.29, 1.82) is 0 Å². The highest BCUT2D eigenvalue weighted by atomic mass is 19.4. The molecule has 0 bridgehead atoms. The highest BCUT2D eigenvalue weighted by Gasteiger charge is 2.38. The van der Waals surface area contributed by atoms with Crippen molar-refractivity contribution < 1.29 is 27.9 Å². The number of nitrogens with one attached hydrogen (secondary N) is 1. The Balaban J connectivity index is 2.41. The second-order valence-corrected chi connectivity index (χ2v) is 3.05. The summed E-state index contributed by atoms with van der Waals surface area (Å²) < 4.78 is 36.4. The van der Waals surface area contributed by atoms with Gasteiger partial charge in [0.15, 0.2) is 0 Å². The van der Waals surface area contributed by atoms with Gasteiger partial charge in [0.25, 0.3) is 0 Å². The molecule has 6 nitrogen and oxygen atoms in total. The zero-order valence-corrected chi connectivity index (χ0v) is 8.36. The Labute approximate surface area is 93.0 Å². The van der Waals surface area contributed by atoms with Crippen LogP contribution in [0.15, 0.2) is 12.4 Å². The summed E-state index contributed by atoms with van der Waals surface area (Å²) in [5.41, 5.74) is -0.0767. The number of aromatic carboxylic acids is 1. The highest BCUT2D eigenvalue weighted by molar-refractivity contribution is 5.86. The largest absolute Gasteiger partial charge is 0.478 e. The Bertz CT molecular complexity index is 427. The minimum atomic E-state index is -4.92. The minimum absolute atomic E-state index is 0.0465. The van der Waals surface area contributed by atoms with Crippen molar-refractivity contribution in [2.45, 2.75) is 12.7 Å². The summed E-state index contributed by atoms with van der Waals surface area (Å²) in [5.74, 6) is -3.22. The van der Waals surface area contributed by atoms with Crippen LogP contribution in [-0.4, -0.2) is 39.5 Å². The first-order valence-corrected chi connectivity index (χ1v) is 4.41. The van der Waals surface area contributed by atoms with Crippen LogP contribution < -0.4 is 5.32 Å². The van der Waals surface area contributed by atoms with Crippen molar-refractivity contribution in [3.63, 3.8) is 0 Å². The summed E-state index contributed by atoms with van der Waals surface area (Å²) in [5, 5.41) is 13.8. The van der Waals surface area contributed by atoms with Crippen molar-refractivity contribution in [1.82, 2.24) is 15.1 Å². The number of carboxylic acid groups (broad SMARTS) is 1. The number of nitrogens with zero attached hydrogens (tertiary/aromatic N) is 2. The third-order valence-electron chi connectivity index (χ3n) is 1.76. The standard InChI is InChI=1S/C8H8F3N3O3/c9-8(10,11)7(17)12-1-2-14-4-5(3-13-14)6(15)16/h3-4H,1-2H2,(H,12,17)(H,15,16). The SMILES string of the molecule is O=C(O)c1cnn(CCNC(=O)C(F)(F)F)c1. The van der Waals surface area contributed by atoms with Gasteiger partial charge in [-0.15, -0.1) is 0 Å². The maximum Gasteiger partial charge on any atom is 0.471 e. The molecule has 1 amide bonds. The average Bonchev–Trinajstić information content (AvgIpc) is 2.64. The van der Waals surface area contributed by atoms with Gasteiger partial charge in [-0.1, -0.05) is 0 Å². The maximum absolute atomic E-state index is 11.8. The fourth-order valence-corrected chi connectivity index (χ4v) is 0.981. The van der Waals surface area contributed by atoms with E-state index in [0.29, 0.717) is 0 Å². The van der Waals surface area contributed by atoms with E-state index >= 15 is 0 Å². The molecule has 0 saturated heterocycles. The van der Waals surface area contributed by atoms with E-state index < -0.39 is 18.1 Å². The van der Waals surface area contributed by atoms with E-state index in [1.807, 2.05) is 0 Å². The Morgan fingerprint density at radius 1 is 1.47 bits per heavy atom. The number of hydrogen-bond donors (Lipinski definition) is 2. The molecule has 17 heavy (non-hydrogen) atoms. The molecule has 0 aliphatic rings. The van der Waals surface area contributed by atoms with Gasteiger partial charge in [0, 0.05) is 12.7 Å². The molecule has 1 heterocycles. The van der Waals surface area contributed by atoms with Gasteiger partial charge in [0.2, 0.25) is 0 Å². The molecule has 2 N–H and O–H groups in total. The van der Waals surface area contributed by atoms with Crippen molar-refractivity contribution in [3.05, 3.63) is 18.0 Å². The fourth-order valence-electron chi connectivity index (χ4n) is 0.981. The lowest BCUT2D eigenvalue weighted by Crippen LogP contribution is -2.38. The summed E-state index contributed by atoms with van der Waals surface area (Å²) in [7, 11) is 0. The van der Waals surface area contributed by atoms with Crippen molar-refractivity contribution >= 4 is 11.9 Å². The van der Waals surface area contributed by atoms with E-state index in [0.717, 1.165) is 17.1 Å². The predicted molar refractivity (Wildman–Crippen MR) is 48.3 cm³/mol. The maximum atomic E-state index is 11.8. The summed E-state index contributed by atoms with van der Waals surface area (Å²) in [4.78, 5) is 20.9. The number of aromatic nitrogens is 2. The molecule has 1 rings (SSSR count). The molecule has 0 aliphatic heterocycles. The molecule has 0 aromatic carbocycles. The molecule has 0 saturated carbocycles. The van der Waals surface area contributed by atoms with Crippen LogP contribution in [0, 0.1) is 0 Å². The first-order chi connectivity index (χ1) is 7.80. The first-order valence-electron chi connectivity index (χ1n) is 4.41. The number of carboxylic acids is 1. The lowest BCUT2D eigenvalue weighted by molar-refractivity contribution is -0.173. The predicted octanol–water partition coefficient (Wildman–Crippen LogP) is 0.260. The molecule has 0 fully saturated rings. The van der Waals surface area contributed by atoms with Gasteiger partial charge < -0.3 is 10.4 Å². The highest BCUT2D eigenvalue weighted by Crippen LogP contribution is 2.13. The van der Waals surface area contributed by atoms with E-state index in [2.05, 4.69) is 5.10 Å². The van der Waals surface area contributed by atoms with Crippen LogP contribution in [0.2, 0.25) is 0 Å². The van der Waals surface area contributed by atoms with Gasteiger partial charge >= 0.3 is 18.1 Å². The van der Waals surface area contributed by atoms with E-state index in [4.69, 9.17) is 5.11 Å². The summed E-state index contributed by atoms with van der Waals surface area (Å²) in [6.45, 7) is -0.339. The second kappa shape index (κ2) is 4.85. The summed E-state index contributed by atoms with van der Waals surface area (Å²) in [6, 6.07) is 0. The monoisotopic (exact) mass is 251 g/mol. The number of carbonyl (C=O) groups excluding carboxylic acids is 1. The Hall–Kier alpha value is -2.06. The molecular formula is C8H8F3N3O3. The van der Waals surface area contributed by atoms with Crippen molar-refractivity contribution in [2.24, 2.45) is 0 Å². The van der Waals surface area contributed by atoms with Gasteiger partial charge in [-0.2, -0.15) is 18.3 Å². The van der Waals surface area contributed by atoms with Gasteiger partial charge in [0.05, 0.1) is 18.3 Å². The third kappa shape index (κ3) is 3.78. The van der Waals surface area contributed by atoms with Crippen LogP contribution in [0.3, 0.4) is 0 Å². The zero-order chi connectivity index (χ0) is 13.1. The smallest absolute Gasteiger partial charge is 0.471 e. The average molecular weight is 251 g/mol. The number of alkyl halides is 3. The van der Waals surface area contributed by atoms with Crippen LogP contribution in [-0.2, 0) is 11.3 Å². The van der Waals surface area contributed by atoms with Crippen LogP contribution in [0.1, 0.15) is 10.4 Å². The molecule has 0 unspecified atom stereocenters. The fraction of sp³-hybridized carbons (Fsp3) is 0.375. The molecule has 94 valence electrons.